The highest BCUT2D eigenvalue weighted by Gasteiger charge is 2.22. The van der Waals surface area contributed by atoms with E-state index in [9.17, 15) is 4.79 Å². The minimum atomic E-state index is 0.118. The molecule has 0 unspecified atom stereocenters. The summed E-state index contributed by atoms with van der Waals surface area (Å²) in [4.78, 5) is 11.3. The molecule has 88 valence electrons. The van der Waals surface area contributed by atoms with Crippen molar-refractivity contribution in [1.82, 2.24) is 10.6 Å². The van der Waals surface area contributed by atoms with Gasteiger partial charge in [0.25, 0.3) is 0 Å². The Morgan fingerprint density at radius 3 is 2.94 bits per heavy atom. The van der Waals surface area contributed by atoms with Gasteiger partial charge in [-0.3, -0.25) is 4.79 Å². The SMILES string of the molecule is O=C(CCNCc1ccc(Cl)o1)NC1CC1. The summed E-state index contributed by atoms with van der Waals surface area (Å²) >= 11 is 5.63. The molecule has 0 atom stereocenters. The molecule has 1 heterocycles. The van der Waals surface area contributed by atoms with Gasteiger partial charge in [0.05, 0.1) is 6.54 Å². The molecule has 1 aliphatic rings. The molecule has 2 rings (SSSR count). The lowest BCUT2D eigenvalue weighted by atomic mass is 10.3. The van der Waals surface area contributed by atoms with E-state index in [1.54, 1.807) is 6.07 Å². The van der Waals surface area contributed by atoms with E-state index in [0.29, 0.717) is 30.8 Å². The Bertz CT molecular complexity index is 361. The standard InChI is InChI=1S/C11H15ClN2O2/c12-10-4-3-9(16-10)7-13-6-5-11(15)14-8-1-2-8/h3-4,8,13H,1-2,5-7H2,(H,14,15). The smallest absolute Gasteiger partial charge is 0.221 e. The number of halogens is 1. The van der Waals surface area contributed by atoms with Crippen molar-refractivity contribution in [2.24, 2.45) is 0 Å². The first kappa shape index (κ1) is 11.5. The Labute approximate surface area is 99.3 Å². The second-order valence-electron chi connectivity index (χ2n) is 3.97. The van der Waals surface area contributed by atoms with Crippen molar-refractivity contribution < 1.29 is 9.21 Å². The van der Waals surface area contributed by atoms with Crippen LogP contribution in [0.25, 0.3) is 0 Å². The minimum absolute atomic E-state index is 0.118. The predicted octanol–water partition coefficient (Wildman–Crippen LogP) is 1.69. The fraction of sp³-hybridized carbons (Fsp3) is 0.545. The molecule has 1 saturated carbocycles. The van der Waals surface area contributed by atoms with Gasteiger partial charge >= 0.3 is 0 Å². The molecule has 0 bridgehead atoms. The normalized spacial score (nSPS) is 15.1. The number of hydrogen-bond donors (Lipinski definition) is 2. The molecule has 1 amide bonds. The molecule has 1 aromatic heterocycles. The molecule has 0 spiro atoms. The third-order valence-corrected chi connectivity index (χ3v) is 2.60. The Morgan fingerprint density at radius 2 is 2.31 bits per heavy atom. The van der Waals surface area contributed by atoms with E-state index in [4.69, 9.17) is 16.0 Å². The lowest BCUT2D eigenvalue weighted by molar-refractivity contribution is -0.121. The molecular weight excluding hydrogens is 228 g/mol. The second kappa shape index (κ2) is 5.37. The van der Waals surface area contributed by atoms with Crippen LogP contribution in [0.3, 0.4) is 0 Å². The van der Waals surface area contributed by atoms with Crippen molar-refractivity contribution in [2.75, 3.05) is 6.54 Å². The topological polar surface area (TPSA) is 54.3 Å². The van der Waals surface area contributed by atoms with Crippen LogP contribution in [0, 0.1) is 0 Å². The molecule has 16 heavy (non-hydrogen) atoms. The second-order valence-corrected chi connectivity index (χ2v) is 4.35. The fourth-order valence-electron chi connectivity index (χ4n) is 1.39. The fourth-order valence-corrected chi connectivity index (χ4v) is 1.55. The molecule has 5 heteroatoms. The van der Waals surface area contributed by atoms with Gasteiger partial charge in [0.2, 0.25) is 5.91 Å². The van der Waals surface area contributed by atoms with E-state index in [2.05, 4.69) is 10.6 Å². The number of carbonyl (C=O) groups excluding carboxylic acids is 1. The van der Waals surface area contributed by atoms with Crippen LogP contribution in [0.15, 0.2) is 16.5 Å². The Balaban J connectivity index is 1.55. The summed E-state index contributed by atoms with van der Waals surface area (Å²) in [5, 5.41) is 6.45. The van der Waals surface area contributed by atoms with Gasteiger partial charge in [-0.15, -0.1) is 0 Å². The third-order valence-electron chi connectivity index (χ3n) is 2.40. The zero-order valence-electron chi connectivity index (χ0n) is 8.96. The average Bonchev–Trinajstić information content (AvgIpc) is 2.95. The maximum absolute atomic E-state index is 11.3. The summed E-state index contributed by atoms with van der Waals surface area (Å²) in [6, 6.07) is 3.97. The highest BCUT2D eigenvalue weighted by molar-refractivity contribution is 6.28. The van der Waals surface area contributed by atoms with Crippen molar-refractivity contribution in [1.29, 1.82) is 0 Å². The zero-order valence-corrected chi connectivity index (χ0v) is 9.72. The summed E-state index contributed by atoms with van der Waals surface area (Å²) in [5.41, 5.74) is 0. The highest BCUT2D eigenvalue weighted by atomic mass is 35.5. The van der Waals surface area contributed by atoms with Crippen LogP contribution in [0.4, 0.5) is 0 Å². The lowest BCUT2D eigenvalue weighted by Crippen LogP contribution is -2.28. The van der Waals surface area contributed by atoms with Crippen LogP contribution in [-0.2, 0) is 11.3 Å². The number of rotatable bonds is 6. The number of amides is 1. The van der Waals surface area contributed by atoms with Gasteiger partial charge < -0.3 is 15.1 Å². The van der Waals surface area contributed by atoms with Crippen LogP contribution >= 0.6 is 11.6 Å². The van der Waals surface area contributed by atoms with Gasteiger partial charge in [0.1, 0.15) is 5.76 Å². The molecule has 0 aliphatic heterocycles. The number of hydrogen-bond acceptors (Lipinski definition) is 3. The van der Waals surface area contributed by atoms with Gasteiger partial charge in [0, 0.05) is 19.0 Å². The summed E-state index contributed by atoms with van der Waals surface area (Å²) in [6.45, 7) is 1.25. The number of nitrogens with one attached hydrogen (secondary N) is 2. The van der Waals surface area contributed by atoms with Crippen LogP contribution in [0.2, 0.25) is 5.22 Å². The molecule has 2 N–H and O–H groups in total. The monoisotopic (exact) mass is 242 g/mol. The van der Waals surface area contributed by atoms with Crippen LogP contribution in [0.1, 0.15) is 25.0 Å². The van der Waals surface area contributed by atoms with Crippen molar-refractivity contribution in [3.63, 3.8) is 0 Å². The summed E-state index contributed by atoms with van der Waals surface area (Å²) in [5.74, 6) is 0.903. The minimum Gasteiger partial charge on any atom is -0.448 e. The third kappa shape index (κ3) is 3.87. The first-order valence-corrected chi connectivity index (χ1v) is 5.86. The Morgan fingerprint density at radius 1 is 1.50 bits per heavy atom. The van der Waals surface area contributed by atoms with Gasteiger partial charge in [-0.1, -0.05) is 0 Å². The van der Waals surface area contributed by atoms with E-state index in [0.717, 1.165) is 18.6 Å². The van der Waals surface area contributed by atoms with E-state index in [1.807, 2.05) is 6.07 Å². The number of furan rings is 1. The Kier molecular flexibility index (Phi) is 3.85. The van der Waals surface area contributed by atoms with Crippen LogP contribution in [-0.4, -0.2) is 18.5 Å². The van der Waals surface area contributed by atoms with E-state index in [-0.39, 0.29) is 5.91 Å². The van der Waals surface area contributed by atoms with Gasteiger partial charge in [-0.05, 0) is 36.6 Å². The molecule has 0 saturated heterocycles. The van der Waals surface area contributed by atoms with Gasteiger partial charge in [-0.2, -0.15) is 0 Å². The van der Waals surface area contributed by atoms with Crippen LogP contribution in [0.5, 0.6) is 0 Å². The Hall–Kier alpha value is -1.00. The molecular formula is C11H15ClN2O2. The summed E-state index contributed by atoms with van der Waals surface area (Å²) in [6.07, 6.45) is 2.76. The molecule has 4 nitrogen and oxygen atoms in total. The first-order valence-electron chi connectivity index (χ1n) is 5.48. The maximum Gasteiger partial charge on any atom is 0.221 e. The largest absolute Gasteiger partial charge is 0.448 e. The predicted molar refractivity (Wildman–Crippen MR) is 61.2 cm³/mol. The molecule has 1 aromatic rings. The summed E-state index contributed by atoms with van der Waals surface area (Å²) < 4.78 is 5.17. The van der Waals surface area contributed by atoms with Gasteiger partial charge in [-0.25, -0.2) is 0 Å². The lowest BCUT2D eigenvalue weighted by Gasteiger charge is -2.03. The maximum atomic E-state index is 11.3. The molecule has 1 aliphatic carbocycles. The molecule has 0 aromatic carbocycles. The van der Waals surface area contributed by atoms with Gasteiger partial charge in [0.15, 0.2) is 5.22 Å². The summed E-state index contributed by atoms with van der Waals surface area (Å²) in [7, 11) is 0. The molecule has 0 radical (unpaired) electrons. The van der Waals surface area contributed by atoms with E-state index >= 15 is 0 Å². The molecule has 1 fully saturated rings. The highest BCUT2D eigenvalue weighted by Crippen LogP contribution is 2.18. The zero-order chi connectivity index (χ0) is 11.4. The van der Waals surface area contributed by atoms with E-state index in [1.165, 1.54) is 0 Å². The van der Waals surface area contributed by atoms with E-state index < -0.39 is 0 Å². The van der Waals surface area contributed by atoms with Crippen molar-refractivity contribution in [3.05, 3.63) is 23.1 Å². The quantitative estimate of drug-likeness (QED) is 0.747. The van der Waals surface area contributed by atoms with Crippen molar-refractivity contribution >= 4 is 17.5 Å². The van der Waals surface area contributed by atoms with Crippen molar-refractivity contribution in [2.45, 2.75) is 31.8 Å². The average molecular weight is 243 g/mol. The van der Waals surface area contributed by atoms with Crippen molar-refractivity contribution in [3.8, 4) is 0 Å². The van der Waals surface area contributed by atoms with Crippen LogP contribution < -0.4 is 10.6 Å². The first-order chi connectivity index (χ1) is 7.74. The number of carbonyl (C=O) groups is 1.